The van der Waals surface area contributed by atoms with E-state index in [0.29, 0.717) is 18.1 Å². The summed E-state index contributed by atoms with van der Waals surface area (Å²) in [6, 6.07) is 5.05. The maximum atomic E-state index is 13.1. The summed E-state index contributed by atoms with van der Waals surface area (Å²) in [6.45, 7) is 4.29. The number of carboxylic acid groups (broad SMARTS) is 2. The molecule has 0 spiro atoms. The van der Waals surface area contributed by atoms with Crippen molar-refractivity contribution in [1.82, 2.24) is 15.1 Å². The molecule has 2 aliphatic heterocycles. The first kappa shape index (κ1) is 28.1. The van der Waals surface area contributed by atoms with Gasteiger partial charge in [0.15, 0.2) is 0 Å². The van der Waals surface area contributed by atoms with Crippen molar-refractivity contribution in [2.75, 3.05) is 18.0 Å². The number of hydrogen-bond acceptors (Lipinski definition) is 6. The van der Waals surface area contributed by atoms with E-state index in [2.05, 4.69) is 40.2 Å². The predicted octanol–water partition coefficient (Wildman–Crippen LogP) is 4.42. The van der Waals surface area contributed by atoms with Crippen LogP contribution in [0.25, 0.3) is 11.1 Å². The zero-order chi connectivity index (χ0) is 28.2. The van der Waals surface area contributed by atoms with Gasteiger partial charge in [-0.1, -0.05) is 0 Å². The minimum Gasteiger partial charge on any atom is -0.489 e. The number of fused-ring (bicyclic) bond motifs is 1. The molecule has 0 bridgehead atoms. The molecule has 216 valence electrons. The SMILES string of the molecule is CC1CCc2c(ccc(-c3cnn(C4CCNCC4)c3)c2OC2CCC2)N1C(=O)C1CC1.O=C(O)CCC(=O)O. The second-order valence-electron chi connectivity index (χ2n) is 11.5. The van der Waals surface area contributed by atoms with Gasteiger partial charge >= 0.3 is 11.9 Å². The molecule has 6 rings (SSSR count). The number of rotatable bonds is 8. The van der Waals surface area contributed by atoms with E-state index in [0.717, 1.165) is 87.0 Å². The van der Waals surface area contributed by atoms with E-state index in [1.54, 1.807) is 0 Å². The van der Waals surface area contributed by atoms with E-state index < -0.39 is 11.9 Å². The first-order valence-electron chi connectivity index (χ1n) is 14.7. The van der Waals surface area contributed by atoms with Gasteiger partial charge in [-0.3, -0.25) is 19.1 Å². The zero-order valence-electron chi connectivity index (χ0n) is 23.2. The molecule has 40 heavy (non-hydrogen) atoms. The third-order valence-electron chi connectivity index (χ3n) is 8.40. The lowest BCUT2D eigenvalue weighted by atomic mass is 9.91. The smallest absolute Gasteiger partial charge is 0.303 e. The normalized spacial score (nSPS) is 21.0. The van der Waals surface area contributed by atoms with E-state index in [-0.39, 0.29) is 24.8 Å². The fourth-order valence-corrected chi connectivity index (χ4v) is 5.65. The molecule has 1 atom stereocenters. The number of nitrogens with zero attached hydrogens (tertiary/aromatic N) is 3. The third-order valence-corrected chi connectivity index (χ3v) is 8.40. The Morgan fingerprint density at radius 2 is 1.70 bits per heavy atom. The Morgan fingerprint density at radius 1 is 1.00 bits per heavy atom. The topological polar surface area (TPSA) is 134 Å². The fourth-order valence-electron chi connectivity index (χ4n) is 5.65. The number of hydrogen-bond donors (Lipinski definition) is 3. The van der Waals surface area contributed by atoms with Gasteiger partial charge in [-0.05, 0) is 89.9 Å². The Hall–Kier alpha value is -3.40. The minimum atomic E-state index is -1.08. The number of carbonyl (C=O) groups excluding carboxylic acids is 1. The van der Waals surface area contributed by atoms with Gasteiger partial charge in [-0.2, -0.15) is 5.10 Å². The zero-order valence-corrected chi connectivity index (χ0v) is 23.2. The molecule has 1 aromatic carbocycles. The number of benzene rings is 1. The molecule has 10 nitrogen and oxygen atoms in total. The van der Waals surface area contributed by atoms with Crippen LogP contribution in [0.5, 0.6) is 5.75 Å². The van der Waals surface area contributed by atoms with Crippen molar-refractivity contribution < 1.29 is 29.3 Å². The average molecular weight is 553 g/mol. The molecular formula is C30H40N4O6. The van der Waals surface area contributed by atoms with Gasteiger partial charge in [0.2, 0.25) is 5.91 Å². The van der Waals surface area contributed by atoms with Gasteiger partial charge < -0.3 is 25.2 Å². The van der Waals surface area contributed by atoms with Crippen molar-refractivity contribution in [3.05, 3.63) is 30.1 Å². The molecule has 4 aliphatic rings. The first-order valence-corrected chi connectivity index (χ1v) is 14.7. The maximum Gasteiger partial charge on any atom is 0.303 e. The molecule has 2 aromatic rings. The summed E-state index contributed by atoms with van der Waals surface area (Å²) < 4.78 is 8.79. The molecule has 0 radical (unpaired) electrons. The van der Waals surface area contributed by atoms with E-state index in [9.17, 15) is 14.4 Å². The van der Waals surface area contributed by atoms with Crippen LogP contribution in [-0.2, 0) is 20.8 Å². The number of piperidine rings is 1. The van der Waals surface area contributed by atoms with Crippen LogP contribution < -0.4 is 15.0 Å². The molecule has 2 saturated carbocycles. The lowest BCUT2D eigenvalue weighted by Crippen LogP contribution is -2.43. The highest BCUT2D eigenvalue weighted by Crippen LogP contribution is 2.46. The van der Waals surface area contributed by atoms with E-state index in [4.69, 9.17) is 20.0 Å². The van der Waals surface area contributed by atoms with Crippen molar-refractivity contribution in [3.63, 3.8) is 0 Å². The number of carboxylic acids is 2. The van der Waals surface area contributed by atoms with Gasteiger partial charge in [0, 0.05) is 34.8 Å². The van der Waals surface area contributed by atoms with Crippen molar-refractivity contribution in [2.24, 2.45) is 5.92 Å². The third kappa shape index (κ3) is 6.49. The largest absolute Gasteiger partial charge is 0.489 e. The second-order valence-corrected chi connectivity index (χ2v) is 11.5. The summed E-state index contributed by atoms with van der Waals surface area (Å²) in [7, 11) is 0. The van der Waals surface area contributed by atoms with Crippen molar-refractivity contribution in [1.29, 1.82) is 0 Å². The molecule has 1 unspecified atom stereocenters. The monoisotopic (exact) mass is 552 g/mol. The van der Waals surface area contributed by atoms with Crippen LogP contribution in [0.1, 0.15) is 82.7 Å². The number of ether oxygens (including phenoxy) is 1. The number of nitrogens with one attached hydrogen (secondary N) is 1. The Labute approximate surface area is 234 Å². The van der Waals surface area contributed by atoms with E-state index in [1.807, 2.05) is 6.20 Å². The lowest BCUT2D eigenvalue weighted by molar-refractivity contribution is -0.143. The molecule has 3 heterocycles. The van der Waals surface area contributed by atoms with Crippen LogP contribution in [0.2, 0.25) is 0 Å². The summed E-state index contributed by atoms with van der Waals surface area (Å²) in [5.41, 5.74) is 4.55. The number of aromatic nitrogens is 2. The highest BCUT2D eigenvalue weighted by atomic mass is 16.5. The maximum absolute atomic E-state index is 13.1. The van der Waals surface area contributed by atoms with Crippen LogP contribution in [0.15, 0.2) is 24.5 Å². The molecule has 3 N–H and O–H groups in total. The van der Waals surface area contributed by atoms with Crippen molar-refractivity contribution in [2.45, 2.75) is 95.7 Å². The minimum absolute atomic E-state index is 0.224. The molecule has 3 fully saturated rings. The number of amides is 1. The molecule has 10 heteroatoms. The molecule has 1 aromatic heterocycles. The van der Waals surface area contributed by atoms with Gasteiger partial charge in [0.05, 0.1) is 36.9 Å². The van der Waals surface area contributed by atoms with Crippen molar-refractivity contribution >= 4 is 23.5 Å². The Balaban J connectivity index is 0.000000355. The summed E-state index contributed by atoms with van der Waals surface area (Å²) >= 11 is 0. The van der Waals surface area contributed by atoms with Gasteiger partial charge in [-0.15, -0.1) is 0 Å². The second kappa shape index (κ2) is 12.4. The van der Waals surface area contributed by atoms with Crippen LogP contribution >= 0.6 is 0 Å². The number of anilines is 1. The first-order chi connectivity index (χ1) is 19.3. The number of carbonyl (C=O) groups is 3. The summed E-state index contributed by atoms with van der Waals surface area (Å²) in [5, 5.41) is 24.0. The van der Waals surface area contributed by atoms with E-state index in [1.165, 1.54) is 12.0 Å². The fraction of sp³-hybridized carbons (Fsp3) is 0.600. The van der Waals surface area contributed by atoms with Crippen LogP contribution in [0.3, 0.4) is 0 Å². The highest BCUT2D eigenvalue weighted by molar-refractivity contribution is 5.99. The molecular weight excluding hydrogens is 512 g/mol. The summed E-state index contributed by atoms with van der Waals surface area (Å²) in [6.07, 6.45) is 13.7. The van der Waals surface area contributed by atoms with Crippen LogP contribution in [0, 0.1) is 5.92 Å². The van der Waals surface area contributed by atoms with Crippen LogP contribution in [0.4, 0.5) is 5.69 Å². The van der Waals surface area contributed by atoms with Crippen molar-refractivity contribution in [3.8, 4) is 16.9 Å². The molecule has 1 saturated heterocycles. The quantitative estimate of drug-likeness (QED) is 0.438. The Kier molecular flexibility index (Phi) is 8.73. The van der Waals surface area contributed by atoms with E-state index >= 15 is 0 Å². The summed E-state index contributed by atoms with van der Waals surface area (Å²) in [4.78, 5) is 34.5. The molecule has 1 amide bonds. The van der Waals surface area contributed by atoms with Crippen LogP contribution in [-0.4, -0.2) is 63.1 Å². The van der Waals surface area contributed by atoms with Gasteiger partial charge in [-0.25, -0.2) is 0 Å². The highest BCUT2D eigenvalue weighted by Gasteiger charge is 2.39. The lowest BCUT2D eigenvalue weighted by Gasteiger charge is -2.38. The number of aliphatic carboxylic acids is 2. The van der Waals surface area contributed by atoms with Gasteiger partial charge in [0.1, 0.15) is 5.75 Å². The van der Waals surface area contributed by atoms with Gasteiger partial charge in [0.25, 0.3) is 0 Å². The summed E-state index contributed by atoms with van der Waals surface area (Å²) in [5.74, 6) is -0.626. The Morgan fingerprint density at radius 3 is 2.30 bits per heavy atom. The predicted molar refractivity (Wildman–Crippen MR) is 150 cm³/mol. The standard InChI is InChI=1S/C26H34N4O2.C4H6O4/c1-17-5-8-23-24(30(17)26(31)18-6-7-18)10-9-22(25(23)32-21-3-2-4-21)19-15-28-29(16-19)20-11-13-27-14-12-20;5-3(6)1-2-4(7)8/h9-10,15-18,20-21,27H,2-8,11-14H2,1H3;1-2H2,(H,5,6)(H,7,8). The Bertz CT molecular complexity index is 1210. The average Bonchev–Trinajstić information content (AvgIpc) is 3.66. The molecule has 2 aliphatic carbocycles.